The van der Waals surface area contributed by atoms with Gasteiger partial charge in [0, 0.05) is 5.92 Å². The van der Waals surface area contributed by atoms with Gasteiger partial charge in [0.25, 0.3) is 5.89 Å². The Morgan fingerprint density at radius 2 is 2.14 bits per heavy atom. The minimum atomic E-state index is -4.10. The van der Waals surface area contributed by atoms with Crippen LogP contribution in [-0.2, 0) is 16.6 Å². The standard InChI is InChI=1S/C12H14FN3O4S/c1-7(2)12-15-11(20-16-12)6-19-9-4-3-8(13)5-10(9)21(14,17)18/h3-5,7H,6H2,1-2H3,(H2,14,17,18). The Kier molecular flexibility index (Phi) is 4.24. The molecule has 0 fully saturated rings. The normalized spacial score (nSPS) is 11.9. The molecule has 1 aromatic heterocycles. The summed E-state index contributed by atoms with van der Waals surface area (Å²) in [6, 6.07) is 3.03. The van der Waals surface area contributed by atoms with E-state index in [9.17, 15) is 12.8 Å². The second kappa shape index (κ2) is 5.78. The fraction of sp³-hybridized carbons (Fsp3) is 0.333. The van der Waals surface area contributed by atoms with Crippen LogP contribution in [-0.4, -0.2) is 18.6 Å². The maximum Gasteiger partial charge on any atom is 0.264 e. The second-order valence-electron chi connectivity index (χ2n) is 4.63. The Morgan fingerprint density at radius 3 is 2.71 bits per heavy atom. The number of halogens is 1. The summed E-state index contributed by atoms with van der Waals surface area (Å²) in [5.74, 6) is -0.0227. The number of nitrogens with two attached hydrogens (primary N) is 1. The van der Waals surface area contributed by atoms with Gasteiger partial charge in [0.15, 0.2) is 12.4 Å². The predicted octanol–water partition coefficient (Wildman–Crippen LogP) is 1.56. The first-order valence-electron chi connectivity index (χ1n) is 6.05. The molecule has 0 bridgehead atoms. The molecule has 0 unspecified atom stereocenters. The van der Waals surface area contributed by atoms with Gasteiger partial charge in [-0.3, -0.25) is 0 Å². The first kappa shape index (κ1) is 15.4. The number of hydrogen-bond donors (Lipinski definition) is 1. The molecular formula is C12H14FN3O4S. The van der Waals surface area contributed by atoms with Crippen molar-refractivity contribution in [3.05, 3.63) is 35.7 Å². The van der Waals surface area contributed by atoms with Gasteiger partial charge in [-0.15, -0.1) is 0 Å². The first-order valence-corrected chi connectivity index (χ1v) is 7.59. The van der Waals surface area contributed by atoms with Crippen LogP contribution in [0.3, 0.4) is 0 Å². The molecule has 0 spiro atoms. The van der Waals surface area contributed by atoms with Crippen LogP contribution in [0.5, 0.6) is 5.75 Å². The molecule has 9 heteroatoms. The van der Waals surface area contributed by atoms with E-state index in [2.05, 4.69) is 10.1 Å². The lowest BCUT2D eigenvalue weighted by atomic mass is 10.2. The van der Waals surface area contributed by atoms with E-state index in [-0.39, 0.29) is 24.2 Å². The number of sulfonamides is 1. The van der Waals surface area contributed by atoms with Crippen molar-refractivity contribution in [2.75, 3.05) is 0 Å². The quantitative estimate of drug-likeness (QED) is 0.897. The highest BCUT2D eigenvalue weighted by molar-refractivity contribution is 7.89. The van der Waals surface area contributed by atoms with E-state index in [4.69, 9.17) is 14.4 Å². The fourth-order valence-electron chi connectivity index (χ4n) is 1.52. The maximum atomic E-state index is 13.1. The lowest BCUT2D eigenvalue weighted by molar-refractivity contribution is 0.237. The number of aromatic nitrogens is 2. The van der Waals surface area contributed by atoms with Gasteiger partial charge in [-0.05, 0) is 18.2 Å². The van der Waals surface area contributed by atoms with Crippen molar-refractivity contribution in [2.45, 2.75) is 31.3 Å². The van der Waals surface area contributed by atoms with Gasteiger partial charge in [-0.25, -0.2) is 17.9 Å². The molecule has 0 aliphatic rings. The van der Waals surface area contributed by atoms with Crippen LogP contribution in [0.4, 0.5) is 4.39 Å². The van der Waals surface area contributed by atoms with Crippen molar-refractivity contribution in [3.63, 3.8) is 0 Å². The monoisotopic (exact) mass is 315 g/mol. The van der Waals surface area contributed by atoms with Crippen molar-refractivity contribution in [1.82, 2.24) is 10.1 Å². The van der Waals surface area contributed by atoms with E-state index in [1.807, 2.05) is 13.8 Å². The second-order valence-corrected chi connectivity index (χ2v) is 6.16. The minimum Gasteiger partial charge on any atom is -0.482 e. The van der Waals surface area contributed by atoms with Gasteiger partial charge in [0.05, 0.1) is 0 Å². The van der Waals surface area contributed by atoms with Gasteiger partial charge in [0.2, 0.25) is 10.0 Å². The highest BCUT2D eigenvalue weighted by Gasteiger charge is 2.18. The van der Waals surface area contributed by atoms with Crippen molar-refractivity contribution in [2.24, 2.45) is 5.14 Å². The van der Waals surface area contributed by atoms with Crippen LogP contribution in [0.25, 0.3) is 0 Å². The molecule has 0 aliphatic heterocycles. The number of primary sulfonamides is 1. The van der Waals surface area contributed by atoms with Gasteiger partial charge >= 0.3 is 0 Å². The average molecular weight is 315 g/mol. The molecule has 0 saturated heterocycles. The third-order valence-corrected chi connectivity index (χ3v) is 3.50. The minimum absolute atomic E-state index is 0.0804. The Hall–Kier alpha value is -2.00. The SMILES string of the molecule is CC(C)c1noc(COc2ccc(F)cc2S(N)(=O)=O)n1. The maximum absolute atomic E-state index is 13.1. The van der Waals surface area contributed by atoms with E-state index >= 15 is 0 Å². The zero-order valence-corrected chi connectivity index (χ0v) is 12.2. The highest BCUT2D eigenvalue weighted by atomic mass is 32.2. The molecule has 0 aliphatic carbocycles. The molecule has 0 amide bonds. The summed E-state index contributed by atoms with van der Waals surface area (Å²) < 4.78 is 46.1. The highest BCUT2D eigenvalue weighted by Crippen LogP contribution is 2.24. The van der Waals surface area contributed by atoms with Gasteiger partial charge < -0.3 is 9.26 Å². The van der Waals surface area contributed by atoms with E-state index in [1.165, 1.54) is 6.07 Å². The van der Waals surface area contributed by atoms with Crippen LogP contribution >= 0.6 is 0 Å². The third kappa shape index (κ3) is 3.76. The van der Waals surface area contributed by atoms with E-state index in [1.54, 1.807) is 0 Å². The van der Waals surface area contributed by atoms with Gasteiger partial charge in [-0.2, -0.15) is 4.98 Å². The van der Waals surface area contributed by atoms with Crippen LogP contribution < -0.4 is 9.88 Å². The molecule has 0 atom stereocenters. The average Bonchev–Trinajstić information content (AvgIpc) is 2.85. The van der Waals surface area contributed by atoms with Crippen LogP contribution in [0.15, 0.2) is 27.6 Å². The van der Waals surface area contributed by atoms with E-state index in [0.29, 0.717) is 5.82 Å². The molecule has 21 heavy (non-hydrogen) atoms. The summed E-state index contributed by atoms with van der Waals surface area (Å²) in [6.07, 6.45) is 0. The fourth-order valence-corrected chi connectivity index (χ4v) is 2.21. The van der Waals surface area contributed by atoms with Crippen LogP contribution in [0, 0.1) is 5.82 Å². The zero-order valence-electron chi connectivity index (χ0n) is 11.4. The smallest absolute Gasteiger partial charge is 0.264 e. The van der Waals surface area contributed by atoms with Crippen LogP contribution in [0.2, 0.25) is 0 Å². The summed E-state index contributed by atoms with van der Waals surface area (Å²) >= 11 is 0. The Morgan fingerprint density at radius 1 is 1.43 bits per heavy atom. The Labute approximate surface area is 121 Å². The van der Waals surface area contributed by atoms with Crippen molar-refractivity contribution >= 4 is 10.0 Å². The molecular weight excluding hydrogens is 301 g/mol. The van der Waals surface area contributed by atoms with Gasteiger partial charge in [0.1, 0.15) is 16.5 Å². The van der Waals surface area contributed by atoms with E-state index in [0.717, 1.165) is 12.1 Å². The molecule has 0 radical (unpaired) electrons. The van der Waals surface area contributed by atoms with Crippen molar-refractivity contribution in [3.8, 4) is 5.75 Å². The molecule has 2 aromatic rings. The Balaban J connectivity index is 2.20. The number of hydrogen-bond acceptors (Lipinski definition) is 6. The number of nitrogens with zero attached hydrogens (tertiary/aromatic N) is 2. The largest absolute Gasteiger partial charge is 0.482 e. The summed E-state index contributed by atoms with van der Waals surface area (Å²) in [5, 5.41) is 8.76. The van der Waals surface area contributed by atoms with Crippen molar-refractivity contribution < 1.29 is 22.1 Å². The summed E-state index contributed by atoms with van der Waals surface area (Å²) in [5.41, 5.74) is 0. The zero-order chi connectivity index (χ0) is 15.6. The van der Waals surface area contributed by atoms with E-state index < -0.39 is 20.7 Å². The first-order chi connectivity index (χ1) is 9.77. The predicted molar refractivity (Wildman–Crippen MR) is 70.5 cm³/mol. The van der Waals surface area contributed by atoms with Crippen LogP contribution in [0.1, 0.15) is 31.5 Å². The summed E-state index contributed by atoms with van der Waals surface area (Å²) in [4.78, 5) is 3.64. The molecule has 2 N–H and O–H groups in total. The lowest BCUT2D eigenvalue weighted by Gasteiger charge is -2.08. The van der Waals surface area contributed by atoms with Crippen molar-refractivity contribution in [1.29, 1.82) is 0 Å². The molecule has 2 rings (SSSR count). The topological polar surface area (TPSA) is 108 Å². The van der Waals surface area contributed by atoms with Gasteiger partial charge in [-0.1, -0.05) is 19.0 Å². The Bertz CT molecular complexity index is 743. The molecule has 7 nitrogen and oxygen atoms in total. The number of benzene rings is 1. The molecule has 114 valence electrons. The number of rotatable bonds is 5. The molecule has 1 heterocycles. The number of ether oxygens (including phenoxy) is 1. The summed E-state index contributed by atoms with van der Waals surface area (Å²) in [6.45, 7) is 3.65. The third-order valence-electron chi connectivity index (χ3n) is 2.56. The molecule has 0 saturated carbocycles. The molecule has 1 aromatic carbocycles. The summed E-state index contributed by atoms with van der Waals surface area (Å²) in [7, 11) is -4.10. The lowest BCUT2D eigenvalue weighted by Crippen LogP contribution is -2.14.